The number of carbonyl (C=O) groups is 1. The van der Waals surface area contributed by atoms with Gasteiger partial charge in [0.1, 0.15) is 5.82 Å². The Bertz CT molecular complexity index is 623. The highest BCUT2D eigenvalue weighted by Gasteiger charge is 2.02. The molecule has 0 saturated carbocycles. The molecule has 2 nitrogen and oxygen atoms in total. The normalized spacial score (nSPS) is 10.7. The van der Waals surface area contributed by atoms with Crippen molar-refractivity contribution < 1.29 is 9.18 Å². The molecule has 0 aliphatic heterocycles. The molecule has 0 heterocycles. The summed E-state index contributed by atoms with van der Waals surface area (Å²) in [6.07, 6.45) is 5.04. The molecule has 0 aliphatic rings. The Morgan fingerprint density at radius 2 is 1.85 bits per heavy atom. The van der Waals surface area contributed by atoms with Gasteiger partial charge in [-0.2, -0.15) is 0 Å². The lowest BCUT2D eigenvalue weighted by Crippen LogP contribution is -2.08. The highest BCUT2D eigenvalue weighted by Crippen LogP contribution is 2.24. The van der Waals surface area contributed by atoms with E-state index in [2.05, 4.69) is 5.32 Å². The summed E-state index contributed by atoms with van der Waals surface area (Å²) in [5.41, 5.74) is 1.56. The van der Waals surface area contributed by atoms with Crippen LogP contribution in [0, 0.1) is 5.82 Å². The largest absolute Gasteiger partial charge is 0.321 e. The van der Waals surface area contributed by atoms with Crippen LogP contribution in [-0.4, -0.2) is 12.2 Å². The van der Waals surface area contributed by atoms with Crippen LogP contribution in [0.1, 0.15) is 5.56 Å². The average Bonchev–Trinajstić information content (AvgIpc) is 2.47. The number of hydrogen-bond donors (Lipinski definition) is 1. The fourth-order valence-electron chi connectivity index (χ4n) is 1.67. The molecule has 0 bridgehead atoms. The number of hydrogen-bond acceptors (Lipinski definition) is 2. The minimum atomic E-state index is -0.291. The van der Waals surface area contributed by atoms with Gasteiger partial charge in [-0.1, -0.05) is 24.3 Å². The molecular weight excluding hydrogens is 273 g/mol. The minimum Gasteiger partial charge on any atom is -0.321 e. The van der Waals surface area contributed by atoms with Gasteiger partial charge in [0.25, 0.3) is 0 Å². The topological polar surface area (TPSA) is 29.1 Å². The lowest BCUT2D eigenvalue weighted by atomic mass is 10.2. The molecule has 1 amide bonds. The van der Waals surface area contributed by atoms with E-state index in [9.17, 15) is 9.18 Å². The van der Waals surface area contributed by atoms with Gasteiger partial charge in [-0.15, -0.1) is 11.8 Å². The lowest BCUT2D eigenvalue weighted by Gasteiger charge is -2.06. The van der Waals surface area contributed by atoms with E-state index in [-0.39, 0.29) is 11.7 Å². The number of nitrogens with one attached hydrogen (secondary N) is 1. The molecule has 0 radical (unpaired) electrons. The van der Waals surface area contributed by atoms with Gasteiger partial charge in [-0.05, 0) is 42.2 Å². The van der Waals surface area contributed by atoms with Crippen molar-refractivity contribution in [2.24, 2.45) is 0 Å². The third kappa shape index (κ3) is 3.96. The molecule has 20 heavy (non-hydrogen) atoms. The third-order valence-electron chi connectivity index (χ3n) is 2.66. The van der Waals surface area contributed by atoms with Crippen LogP contribution in [0.2, 0.25) is 0 Å². The molecule has 0 saturated heterocycles. The summed E-state index contributed by atoms with van der Waals surface area (Å²) in [7, 11) is 0. The van der Waals surface area contributed by atoms with E-state index < -0.39 is 0 Å². The second kappa shape index (κ2) is 6.91. The van der Waals surface area contributed by atoms with Gasteiger partial charge in [-0.3, -0.25) is 4.79 Å². The molecule has 4 heteroatoms. The first-order valence-electron chi connectivity index (χ1n) is 6.06. The average molecular weight is 287 g/mol. The van der Waals surface area contributed by atoms with Crippen LogP contribution in [0.3, 0.4) is 0 Å². The maximum atomic E-state index is 12.8. The first-order chi connectivity index (χ1) is 9.69. The Morgan fingerprint density at radius 1 is 1.15 bits per heavy atom. The van der Waals surface area contributed by atoms with Crippen LogP contribution in [0.4, 0.5) is 10.1 Å². The van der Waals surface area contributed by atoms with Crippen LogP contribution in [0.15, 0.2) is 59.5 Å². The maximum Gasteiger partial charge on any atom is 0.248 e. The van der Waals surface area contributed by atoms with Crippen LogP contribution in [-0.2, 0) is 4.79 Å². The van der Waals surface area contributed by atoms with Crippen molar-refractivity contribution >= 4 is 29.4 Å². The van der Waals surface area contributed by atoms with E-state index in [0.717, 1.165) is 16.1 Å². The summed E-state index contributed by atoms with van der Waals surface area (Å²) in [6, 6.07) is 13.6. The fourth-order valence-corrected chi connectivity index (χ4v) is 2.22. The standard InChI is InChI=1S/C16H14FNOS/c1-20-15-5-3-2-4-14(15)18-16(19)11-8-12-6-9-13(17)10-7-12/h2-11H,1H3,(H,18,19)/b11-8+. The molecule has 2 rings (SSSR count). The van der Waals surface area contributed by atoms with E-state index in [1.165, 1.54) is 18.2 Å². The summed E-state index contributed by atoms with van der Waals surface area (Å²) in [6.45, 7) is 0. The predicted octanol–water partition coefficient (Wildman–Crippen LogP) is 4.20. The second-order valence-electron chi connectivity index (χ2n) is 4.07. The molecule has 0 fully saturated rings. The molecule has 0 aliphatic carbocycles. The van der Waals surface area contributed by atoms with E-state index >= 15 is 0 Å². The summed E-state index contributed by atoms with van der Waals surface area (Å²) in [5.74, 6) is -0.503. The van der Waals surface area contributed by atoms with Crippen molar-refractivity contribution in [3.8, 4) is 0 Å². The summed E-state index contributed by atoms with van der Waals surface area (Å²) in [4.78, 5) is 12.8. The highest BCUT2D eigenvalue weighted by atomic mass is 32.2. The van der Waals surface area contributed by atoms with Crippen molar-refractivity contribution in [2.75, 3.05) is 11.6 Å². The number of halogens is 1. The molecule has 102 valence electrons. The zero-order valence-electron chi connectivity index (χ0n) is 11.0. The van der Waals surface area contributed by atoms with Gasteiger partial charge in [0.15, 0.2) is 0 Å². The smallest absolute Gasteiger partial charge is 0.248 e. The first-order valence-corrected chi connectivity index (χ1v) is 7.29. The van der Waals surface area contributed by atoms with Gasteiger partial charge >= 0.3 is 0 Å². The number of rotatable bonds is 4. The number of para-hydroxylation sites is 1. The number of benzene rings is 2. The van der Waals surface area contributed by atoms with E-state index in [0.29, 0.717) is 0 Å². The van der Waals surface area contributed by atoms with Crippen LogP contribution >= 0.6 is 11.8 Å². The molecule has 0 aromatic heterocycles. The highest BCUT2D eigenvalue weighted by molar-refractivity contribution is 7.98. The Kier molecular flexibility index (Phi) is 4.96. The van der Waals surface area contributed by atoms with Gasteiger partial charge in [0, 0.05) is 11.0 Å². The Morgan fingerprint density at radius 3 is 2.55 bits per heavy atom. The van der Waals surface area contributed by atoms with E-state index in [4.69, 9.17) is 0 Å². The van der Waals surface area contributed by atoms with E-state index in [1.807, 2.05) is 30.5 Å². The number of carbonyl (C=O) groups excluding carboxylic acids is 1. The van der Waals surface area contributed by atoms with Crippen LogP contribution < -0.4 is 5.32 Å². The molecule has 2 aromatic rings. The number of anilines is 1. The first kappa shape index (κ1) is 14.3. The molecule has 0 atom stereocenters. The zero-order valence-corrected chi connectivity index (χ0v) is 11.8. The van der Waals surface area contributed by atoms with Crippen LogP contribution in [0.5, 0.6) is 0 Å². The quantitative estimate of drug-likeness (QED) is 0.674. The number of amides is 1. The zero-order chi connectivity index (χ0) is 14.4. The summed E-state index contributed by atoms with van der Waals surface area (Å²) >= 11 is 1.57. The van der Waals surface area contributed by atoms with Crippen molar-refractivity contribution in [1.29, 1.82) is 0 Å². The second-order valence-corrected chi connectivity index (χ2v) is 4.92. The molecular formula is C16H14FNOS. The number of thioether (sulfide) groups is 1. The Labute approximate surface area is 121 Å². The Hall–Kier alpha value is -2.07. The Balaban J connectivity index is 2.03. The van der Waals surface area contributed by atoms with Gasteiger partial charge in [0.2, 0.25) is 5.91 Å². The van der Waals surface area contributed by atoms with Gasteiger partial charge in [0.05, 0.1) is 5.69 Å². The SMILES string of the molecule is CSc1ccccc1NC(=O)/C=C/c1ccc(F)cc1. The van der Waals surface area contributed by atoms with Crippen molar-refractivity contribution in [2.45, 2.75) is 4.90 Å². The maximum absolute atomic E-state index is 12.8. The van der Waals surface area contributed by atoms with Crippen molar-refractivity contribution in [3.05, 3.63) is 66.0 Å². The predicted molar refractivity (Wildman–Crippen MR) is 82.3 cm³/mol. The monoisotopic (exact) mass is 287 g/mol. The van der Waals surface area contributed by atoms with Gasteiger partial charge in [-0.25, -0.2) is 4.39 Å². The van der Waals surface area contributed by atoms with Crippen molar-refractivity contribution in [1.82, 2.24) is 0 Å². The van der Waals surface area contributed by atoms with Crippen LogP contribution in [0.25, 0.3) is 6.08 Å². The molecule has 0 unspecified atom stereocenters. The third-order valence-corrected chi connectivity index (χ3v) is 3.46. The fraction of sp³-hybridized carbons (Fsp3) is 0.0625. The van der Waals surface area contributed by atoms with E-state index in [1.54, 1.807) is 30.0 Å². The minimum absolute atomic E-state index is 0.212. The summed E-state index contributed by atoms with van der Waals surface area (Å²) in [5, 5.41) is 2.82. The van der Waals surface area contributed by atoms with Gasteiger partial charge < -0.3 is 5.32 Å². The molecule has 2 aromatic carbocycles. The van der Waals surface area contributed by atoms with Crippen molar-refractivity contribution in [3.63, 3.8) is 0 Å². The lowest BCUT2D eigenvalue weighted by molar-refractivity contribution is -0.111. The summed E-state index contributed by atoms with van der Waals surface area (Å²) < 4.78 is 12.8. The molecule has 1 N–H and O–H groups in total. The molecule has 0 spiro atoms.